The Hall–Kier alpha value is -1.99. The number of piperidine rings is 1. The molecule has 7 heteroatoms. The molecule has 0 radical (unpaired) electrons. The fourth-order valence-corrected chi connectivity index (χ4v) is 4.21. The lowest BCUT2D eigenvalue weighted by Crippen LogP contribution is -2.39. The van der Waals surface area contributed by atoms with Crippen LogP contribution < -0.4 is 4.90 Å². The van der Waals surface area contributed by atoms with Gasteiger partial charge in [0.25, 0.3) is 0 Å². The molecule has 6 nitrogen and oxygen atoms in total. The molecule has 1 fully saturated rings. The number of hydrogen-bond acceptors (Lipinski definition) is 6. The molecule has 126 valence electrons. The number of anilines is 1. The average molecular weight is 343 g/mol. The monoisotopic (exact) mass is 343 g/mol. The minimum Gasteiger partial charge on any atom is -0.370 e. The molecule has 1 aliphatic rings. The van der Waals surface area contributed by atoms with Crippen LogP contribution in [0.15, 0.2) is 24.4 Å². The van der Waals surface area contributed by atoms with Gasteiger partial charge in [0, 0.05) is 26.3 Å². The number of nitrogens with zero attached hydrogens (tertiary/aromatic N) is 5. The van der Waals surface area contributed by atoms with Crippen LogP contribution in [-0.4, -0.2) is 38.9 Å². The van der Waals surface area contributed by atoms with E-state index in [1.165, 1.54) is 4.70 Å². The van der Waals surface area contributed by atoms with E-state index in [4.69, 9.17) is 9.72 Å². The largest absolute Gasteiger partial charge is 0.370 e. The zero-order valence-corrected chi connectivity index (χ0v) is 14.8. The van der Waals surface area contributed by atoms with Crippen molar-refractivity contribution in [3.63, 3.8) is 0 Å². The van der Waals surface area contributed by atoms with Crippen molar-refractivity contribution < 1.29 is 4.74 Å². The Kier molecular flexibility index (Phi) is 4.20. The molecule has 0 bridgehead atoms. The van der Waals surface area contributed by atoms with Gasteiger partial charge in [-0.1, -0.05) is 17.4 Å². The lowest BCUT2D eigenvalue weighted by molar-refractivity contribution is 0.0298. The molecule has 3 aromatic heterocycles. The zero-order valence-electron chi connectivity index (χ0n) is 14.0. The van der Waals surface area contributed by atoms with Crippen molar-refractivity contribution >= 4 is 26.8 Å². The van der Waals surface area contributed by atoms with E-state index in [0.29, 0.717) is 6.61 Å². The highest BCUT2D eigenvalue weighted by atomic mass is 32.1. The van der Waals surface area contributed by atoms with Crippen LogP contribution in [-0.2, 0) is 18.4 Å². The second-order valence-electron chi connectivity index (χ2n) is 6.20. The molecule has 4 rings (SSSR count). The maximum Gasteiger partial charge on any atom is 0.188 e. The van der Waals surface area contributed by atoms with Gasteiger partial charge in [0.15, 0.2) is 10.8 Å². The molecule has 1 saturated heterocycles. The molecule has 0 amide bonds. The number of rotatable bonds is 4. The van der Waals surface area contributed by atoms with Crippen LogP contribution in [0.3, 0.4) is 0 Å². The van der Waals surface area contributed by atoms with Gasteiger partial charge in [0.2, 0.25) is 0 Å². The summed E-state index contributed by atoms with van der Waals surface area (Å²) in [6, 6.07) is 5.93. The third-order valence-electron chi connectivity index (χ3n) is 4.37. The minimum absolute atomic E-state index is 0.229. The predicted molar refractivity (Wildman–Crippen MR) is 95.4 cm³/mol. The number of fused-ring (bicyclic) bond motifs is 1. The Labute approximate surface area is 145 Å². The van der Waals surface area contributed by atoms with Crippen LogP contribution in [0.2, 0.25) is 0 Å². The van der Waals surface area contributed by atoms with Crippen LogP contribution in [0.25, 0.3) is 10.3 Å². The van der Waals surface area contributed by atoms with Crippen molar-refractivity contribution in [2.75, 3.05) is 18.0 Å². The lowest BCUT2D eigenvalue weighted by Gasteiger charge is -2.32. The van der Waals surface area contributed by atoms with Gasteiger partial charge < -0.3 is 9.64 Å². The van der Waals surface area contributed by atoms with E-state index in [1.54, 1.807) is 11.3 Å². The Morgan fingerprint density at radius 1 is 1.38 bits per heavy atom. The third-order valence-corrected chi connectivity index (χ3v) is 5.59. The molecule has 4 heterocycles. The van der Waals surface area contributed by atoms with Crippen LogP contribution in [0, 0.1) is 6.92 Å². The summed E-state index contributed by atoms with van der Waals surface area (Å²) in [6.07, 6.45) is 4.25. The van der Waals surface area contributed by atoms with Gasteiger partial charge in [-0.25, -0.2) is 9.67 Å². The molecule has 0 spiro atoms. The zero-order chi connectivity index (χ0) is 16.5. The van der Waals surface area contributed by atoms with Crippen molar-refractivity contribution in [2.45, 2.75) is 32.5 Å². The number of pyridine rings is 1. The van der Waals surface area contributed by atoms with Crippen molar-refractivity contribution in [3.8, 4) is 0 Å². The Morgan fingerprint density at radius 2 is 2.29 bits per heavy atom. The first-order chi connectivity index (χ1) is 11.7. The van der Waals surface area contributed by atoms with E-state index < -0.39 is 0 Å². The minimum atomic E-state index is 0.229. The number of thiazole rings is 1. The van der Waals surface area contributed by atoms with Crippen molar-refractivity contribution in [1.29, 1.82) is 0 Å². The summed E-state index contributed by atoms with van der Waals surface area (Å²) in [5.74, 6) is 0. The van der Waals surface area contributed by atoms with Crippen LogP contribution in [0.4, 0.5) is 5.13 Å². The smallest absolute Gasteiger partial charge is 0.188 e. The third kappa shape index (κ3) is 3.01. The Bertz CT molecular complexity index is 794. The highest BCUT2D eigenvalue weighted by Crippen LogP contribution is 2.32. The average Bonchev–Trinajstić information content (AvgIpc) is 3.16. The van der Waals surface area contributed by atoms with Gasteiger partial charge in [-0.15, -0.1) is 0 Å². The first-order valence-corrected chi connectivity index (χ1v) is 9.09. The highest BCUT2D eigenvalue weighted by Gasteiger charge is 2.24. The summed E-state index contributed by atoms with van der Waals surface area (Å²) in [5.41, 5.74) is 3.01. The molecule has 24 heavy (non-hydrogen) atoms. The molecule has 1 aliphatic heterocycles. The van der Waals surface area contributed by atoms with E-state index in [0.717, 1.165) is 48.1 Å². The van der Waals surface area contributed by atoms with E-state index in [-0.39, 0.29) is 6.10 Å². The number of ether oxygens (including phenoxy) is 1. The van der Waals surface area contributed by atoms with Gasteiger partial charge in [-0.05, 0) is 31.9 Å². The normalized spacial score (nSPS) is 18.4. The standard InChI is InChI=1S/C17H21N5OS/c1-12-15-16(21(2)20-12)19-17(24-15)22-9-5-7-14(10-22)23-11-13-6-3-4-8-18-13/h3-4,6,8,14H,5,7,9-11H2,1-2H3. The van der Waals surface area contributed by atoms with Gasteiger partial charge in [-0.2, -0.15) is 5.10 Å². The Balaban J connectivity index is 1.44. The summed E-state index contributed by atoms with van der Waals surface area (Å²) in [5, 5.41) is 5.50. The number of aromatic nitrogens is 4. The summed E-state index contributed by atoms with van der Waals surface area (Å²) < 4.78 is 9.13. The van der Waals surface area contributed by atoms with E-state index >= 15 is 0 Å². The lowest BCUT2D eigenvalue weighted by atomic mass is 10.1. The quantitative estimate of drug-likeness (QED) is 0.729. The molecule has 1 atom stereocenters. The molecular formula is C17H21N5OS. The van der Waals surface area contributed by atoms with Gasteiger partial charge in [0.1, 0.15) is 0 Å². The molecule has 0 aromatic carbocycles. The van der Waals surface area contributed by atoms with Gasteiger partial charge in [0.05, 0.1) is 28.8 Å². The first-order valence-electron chi connectivity index (χ1n) is 8.27. The molecule has 1 unspecified atom stereocenters. The highest BCUT2D eigenvalue weighted by molar-refractivity contribution is 7.22. The molecule has 3 aromatic rings. The second kappa shape index (κ2) is 6.49. The SMILES string of the molecule is Cc1nn(C)c2nc(N3CCCC(OCc4ccccn4)C3)sc12. The van der Waals surface area contributed by atoms with Crippen LogP contribution >= 0.6 is 11.3 Å². The van der Waals surface area contributed by atoms with E-state index in [2.05, 4.69) is 15.0 Å². The predicted octanol–water partition coefficient (Wildman–Crippen LogP) is 2.92. The molecule has 0 N–H and O–H groups in total. The topological polar surface area (TPSA) is 56.1 Å². The van der Waals surface area contributed by atoms with Crippen LogP contribution in [0.1, 0.15) is 24.2 Å². The number of hydrogen-bond donors (Lipinski definition) is 0. The summed E-state index contributed by atoms with van der Waals surface area (Å²) >= 11 is 1.73. The summed E-state index contributed by atoms with van der Waals surface area (Å²) in [7, 11) is 1.95. The maximum absolute atomic E-state index is 6.08. The Morgan fingerprint density at radius 3 is 3.08 bits per heavy atom. The fourth-order valence-electron chi connectivity index (χ4n) is 3.14. The van der Waals surface area contributed by atoms with Crippen molar-refractivity contribution in [2.24, 2.45) is 7.05 Å². The summed E-state index contributed by atoms with van der Waals surface area (Å²) in [6.45, 7) is 4.54. The van der Waals surface area contributed by atoms with E-state index in [1.807, 2.05) is 43.0 Å². The second-order valence-corrected chi connectivity index (χ2v) is 7.18. The molecular weight excluding hydrogens is 322 g/mol. The van der Waals surface area contributed by atoms with Gasteiger partial charge in [-0.3, -0.25) is 4.98 Å². The fraction of sp³-hybridized carbons (Fsp3) is 0.471. The first kappa shape index (κ1) is 15.5. The van der Waals surface area contributed by atoms with Crippen molar-refractivity contribution in [3.05, 3.63) is 35.8 Å². The number of aryl methyl sites for hydroxylation is 2. The van der Waals surface area contributed by atoms with E-state index in [9.17, 15) is 0 Å². The summed E-state index contributed by atoms with van der Waals surface area (Å²) in [4.78, 5) is 11.5. The van der Waals surface area contributed by atoms with Crippen LogP contribution in [0.5, 0.6) is 0 Å². The molecule has 0 saturated carbocycles. The van der Waals surface area contributed by atoms with Gasteiger partial charge >= 0.3 is 0 Å². The maximum atomic E-state index is 6.08. The molecule has 0 aliphatic carbocycles. The van der Waals surface area contributed by atoms with Crippen molar-refractivity contribution in [1.82, 2.24) is 19.7 Å².